The van der Waals surface area contributed by atoms with Crippen LogP contribution in [0.3, 0.4) is 0 Å². The maximum atomic E-state index is 12.9. The van der Waals surface area contributed by atoms with E-state index in [1.54, 1.807) is 0 Å². The molecule has 96 valence electrons. The fourth-order valence-electron chi connectivity index (χ4n) is 1.44. The number of aliphatic hydroxyl groups is 1. The van der Waals surface area contributed by atoms with Crippen LogP contribution in [0.1, 0.15) is 24.3 Å². The molecule has 0 saturated heterocycles. The Labute approximate surface area is 103 Å². The number of aliphatic hydroxyl groups excluding tert-OH is 1. The number of hydrogen-bond donors (Lipinski definition) is 1. The maximum absolute atomic E-state index is 12.9. The van der Waals surface area contributed by atoms with Gasteiger partial charge in [-0.05, 0) is 18.2 Å². The number of halogens is 1. The van der Waals surface area contributed by atoms with Gasteiger partial charge in [0, 0.05) is 12.0 Å². The Morgan fingerprint density at radius 3 is 2.78 bits per heavy atom. The summed E-state index contributed by atoms with van der Waals surface area (Å²) in [4.78, 5) is 0. The van der Waals surface area contributed by atoms with E-state index < -0.39 is 5.82 Å². The third kappa shape index (κ3) is 2.84. The van der Waals surface area contributed by atoms with Gasteiger partial charge in [0.25, 0.3) is 5.89 Å². The molecular weight excluding hydrogens is 239 g/mol. The van der Waals surface area contributed by atoms with Gasteiger partial charge in [0.1, 0.15) is 11.6 Å². The lowest BCUT2D eigenvalue weighted by molar-refractivity contribution is 0.238. The number of aryl methyl sites for hydroxylation is 1. The highest BCUT2D eigenvalue weighted by molar-refractivity contribution is 5.33. The molecule has 2 aromatic rings. The van der Waals surface area contributed by atoms with Crippen LogP contribution in [-0.2, 0) is 19.6 Å². The maximum Gasteiger partial charge on any atom is 0.253 e. The zero-order chi connectivity index (χ0) is 13.0. The largest absolute Gasteiger partial charge is 0.483 e. The summed E-state index contributed by atoms with van der Waals surface area (Å²) in [5.74, 6) is 0.864. The van der Waals surface area contributed by atoms with Crippen molar-refractivity contribution in [2.75, 3.05) is 0 Å². The molecule has 0 aliphatic heterocycles. The van der Waals surface area contributed by atoms with E-state index in [0.717, 1.165) is 0 Å². The van der Waals surface area contributed by atoms with Crippen molar-refractivity contribution in [3.8, 4) is 5.75 Å². The van der Waals surface area contributed by atoms with E-state index in [2.05, 4.69) is 10.2 Å². The number of hydrogen-bond acceptors (Lipinski definition) is 5. The zero-order valence-corrected chi connectivity index (χ0v) is 9.89. The van der Waals surface area contributed by atoms with Crippen LogP contribution in [0.5, 0.6) is 5.75 Å². The first-order valence-corrected chi connectivity index (χ1v) is 5.56. The Bertz CT molecular complexity index is 528. The fourth-order valence-corrected chi connectivity index (χ4v) is 1.44. The minimum Gasteiger partial charge on any atom is -0.483 e. The molecular formula is C12H13FN2O3. The van der Waals surface area contributed by atoms with Crippen molar-refractivity contribution < 1.29 is 18.7 Å². The number of benzene rings is 1. The smallest absolute Gasteiger partial charge is 0.253 e. The van der Waals surface area contributed by atoms with Crippen molar-refractivity contribution in [1.29, 1.82) is 0 Å². The third-order valence-electron chi connectivity index (χ3n) is 2.36. The highest BCUT2D eigenvalue weighted by atomic mass is 19.1. The van der Waals surface area contributed by atoms with E-state index in [0.29, 0.717) is 29.5 Å². The summed E-state index contributed by atoms with van der Waals surface area (Å²) >= 11 is 0. The summed E-state index contributed by atoms with van der Waals surface area (Å²) in [6, 6.07) is 3.94. The molecule has 0 fully saturated rings. The summed E-state index contributed by atoms with van der Waals surface area (Å²) in [5.41, 5.74) is 0.380. The average Bonchev–Trinajstić information content (AvgIpc) is 2.85. The quantitative estimate of drug-likeness (QED) is 0.879. The van der Waals surface area contributed by atoms with E-state index >= 15 is 0 Å². The fraction of sp³-hybridized carbons (Fsp3) is 0.333. The van der Waals surface area contributed by atoms with Gasteiger partial charge in [-0.3, -0.25) is 0 Å². The second kappa shape index (κ2) is 5.59. The lowest BCUT2D eigenvalue weighted by Crippen LogP contribution is -1.99. The van der Waals surface area contributed by atoms with E-state index in [9.17, 15) is 4.39 Å². The molecule has 1 heterocycles. The first kappa shape index (κ1) is 12.5. The van der Waals surface area contributed by atoms with Crippen molar-refractivity contribution in [1.82, 2.24) is 10.2 Å². The molecule has 0 saturated carbocycles. The van der Waals surface area contributed by atoms with Gasteiger partial charge >= 0.3 is 0 Å². The van der Waals surface area contributed by atoms with Crippen LogP contribution >= 0.6 is 0 Å². The van der Waals surface area contributed by atoms with Crippen LogP contribution in [-0.4, -0.2) is 15.3 Å². The molecule has 0 radical (unpaired) electrons. The van der Waals surface area contributed by atoms with Crippen LogP contribution in [0.2, 0.25) is 0 Å². The zero-order valence-electron chi connectivity index (χ0n) is 9.89. The third-order valence-corrected chi connectivity index (χ3v) is 2.36. The first-order valence-electron chi connectivity index (χ1n) is 5.56. The van der Waals surface area contributed by atoms with Crippen LogP contribution in [0.15, 0.2) is 22.6 Å². The monoisotopic (exact) mass is 252 g/mol. The average molecular weight is 252 g/mol. The lowest BCUT2D eigenvalue weighted by Gasteiger charge is -2.07. The number of ether oxygens (including phenoxy) is 1. The highest BCUT2D eigenvalue weighted by Gasteiger charge is 2.08. The molecule has 0 bridgehead atoms. The van der Waals surface area contributed by atoms with E-state index in [4.69, 9.17) is 14.3 Å². The van der Waals surface area contributed by atoms with Crippen molar-refractivity contribution >= 4 is 0 Å². The van der Waals surface area contributed by atoms with E-state index in [1.807, 2.05) is 6.92 Å². The summed E-state index contributed by atoms with van der Waals surface area (Å²) in [5, 5.41) is 16.7. The number of nitrogens with zero attached hydrogens (tertiary/aromatic N) is 2. The summed E-state index contributed by atoms with van der Waals surface area (Å²) in [6.45, 7) is 1.70. The van der Waals surface area contributed by atoms with E-state index in [1.165, 1.54) is 18.2 Å². The number of rotatable bonds is 5. The molecule has 0 amide bonds. The molecule has 0 atom stereocenters. The van der Waals surface area contributed by atoms with Crippen LogP contribution in [0.4, 0.5) is 4.39 Å². The molecule has 0 spiro atoms. The summed E-state index contributed by atoms with van der Waals surface area (Å²) in [7, 11) is 0. The molecule has 2 rings (SSSR count). The van der Waals surface area contributed by atoms with Crippen molar-refractivity contribution in [3.63, 3.8) is 0 Å². The van der Waals surface area contributed by atoms with Gasteiger partial charge in [-0.15, -0.1) is 10.2 Å². The Kier molecular flexibility index (Phi) is 3.88. The molecule has 1 aromatic carbocycles. The molecule has 18 heavy (non-hydrogen) atoms. The molecule has 0 aliphatic rings. The van der Waals surface area contributed by atoms with Crippen molar-refractivity contribution in [2.45, 2.75) is 26.6 Å². The second-order valence-electron chi connectivity index (χ2n) is 3.64. The van der Waals surface area contributed by atoms with E-state index in [-0.39, 0.29) is 13.2 Å². The SMILES string of the molecule is CCc1nnc(COc2ccc(F)cc2CO)o1. The first-order chi connectivity index (χ1) is 8.72. The van der Waals surface area contributed by atoms with Gasteiger partial charge in [-0.1, -0.05) is 6.92 Å². The van der Waals surface area contributed by atoms with Crippen LogP contribution < -0.4 is 4.74 Å². The summed E-state index contributed by atoms with van der Waals surface area (Å²) < 4.78 is 23.6. The predicted molar refractivity (Wildman–Crippen MR) is 60.3 cm³/mol. The molecule has 1 N–H and O–H groups in total. The Morgan fingerprint density at radius 1 is 1.33 bits per heavy atom. The molecule has 6 heteroatoms. The molecule has 1 aromatic heterocycles. The van der Waals surface area contributed by atoms with Crippen molar-refractivity contribution in [3.05, 3.63) is 41.4 Å². The minimum atomic E-state index is -0.419. The van der Waals surface area contributed by atoms with Crippen molar-refractivity contribution in [2.24, 2.45) is 0 Å². The Morgan fingerprint density at radius 2 is 2.11 bits per heavy atom. The second-order valence-corrected chi connectivity index (χ2v) is 3.64. The normalized spacial score (nSPS) is 10.6. The standard InChI is InChI=1S/C12H13FN2O3/c1-2-11-14-15-12(18-11)7-17-10-4-3-9(13)5-8(10)6-16/h3-5,16H,2,6-7H2,1H3. The molecule has 5 nitrogen and oxygen atoms in total. The molecule has 0 aliphatic carbocycles. The van der Waals surface area contributed by atoms with Crippen LogP contribution in [0.25, 0.3) is 0 Å². The summed E-state index contributed by atoms with van der Waals surface area (Å²) in [6.07, 6.45) is 0.658. The Balaban J connectivity index is 2.05. The minimum absolute atomic E-state index is 0.0889. The predicted octanol–water partition coefficient (Wildman–Crippen LogP) is 1.84. The van der Waals surface area contributed by atoms with Crippen LogP contribution in [0, 0.1) is 5.82 Å². The highest BCUT2D eigenvalue weighted by Crippen LogP contribution is 2.20. The van der Waals surface area contributed by atoms with Gasteiger partial charge < -0.3 is 14.3 Å². The number of aromatic nitrogens is 2. The van der Waals surface area contributed by atoms with Gasteiger partial charge in [-0.2, -0.15) is 0 Å². The topological polar surface area (TPSA) is 68.4 Å². The van der Waals surface area contributed by atoms with Gasteiger partial charge in [0.05, 0.1) is 6.61 Å². The Hall–Kier alpha value is -1.95. The van der Waals surface area contributed by atoms with Gasteiger partial charge in [0.2, 0.25) is 5.89 Å². The molecule has 0 unspecified atom stereocenters. The van der Waals surface area contributed by atoms with Gasteiger partial charge in [-0.25, -0.2) is 4.39 Å². The van der Waals surface area contributed by atoms with Gasteiger partial charge in [0.15, 0.2) is 6.61 Å². The lowest BCUT2D eigenvalue weighted by atomic mass is 10.2.